The van der Waals surface area contributed by atoms with Crippen LogP contribution in [0.3, 0.4) is 0 Å². The van der Waals surface area contributed by atoms with Crippen LogP contribution in [-0.2, 0) is 4.79 Å². The number of rotatable bonds is 3. The SMILES string of the molecule is NC(=CC(=O)Cl)C(=O)c1ccccc1. The molecule has 0 atom stereocenters. The summed E-state index contributed by atoms with van der Waals surface area (Å²) in [7, 11) is 0. The number of hydrogen-bond acceptors (Lipinski definition) is 3. The van der Waals surface area contributed by atoms with Gasteiger partial charge in [0.1, 0.15) is 0 Å². The first-order valence-electron chi connectivity index (χ1n) is 3.87. The Morgan fingerprint density at radius 2 is 1.79 bits per heavy atom. The number of Topliss-reactive ketones (excluding diaryl/α,β-unsaturated/α-hetero) is 1. The van der Waals surface area contributed by atoms with Gasteiger partial charge in [0.05, 0.1) is 5.70 Å². The number of benzene rings is 1. The fraction of sp³-hybridized carbons (Fsp3) is 0. The summed E-state index contributed by atoms with van der Waals surface area (Å²) in [6.07, 6.45) is 0.900. The van der Waals surface area contributed by atoms with Gasteiger partial charge in [-0.2, -0.15) is 0 Å². The molecule has 0 aliphatic rings. The highest BCUT2D eigenvalue weighted by molar-refractivity contribution is 6.66. The van der Waals surface area contributed by atoms with Gasteiger partial charge in [-0.25, -0.2) is 0 Å². The molecule has 0 amide bonds. The summed E-state index contributed by atoms with van der Waals surface area (Å²) < 4.78 is 0. The number of nitrogens with two attached hydrogens (primary N) is 1. The third-order valence-corrected chi connectivity index (χ3v) is 1.68. The van der Waals surface area contributed by atoms with Crippen LogP contribution in [-0.4, -0.2) is 11.0 Å². The lowest BCUT2D eigenvalue weighted by atomic mass is 10.1. The molecular formula is C10H8ClNO2. The molecule has 1 aromatic carbocycles. The average Bonchev–Trinajstić information content (AvgIpc) is 2.17. The van der Waals surface area contributed by atoms with Crippen molar-refractivity contribution in [3.05, 3.63) is 47.7 Å². The van der Waals surface area contributed by atoms with E-state index in [1.165, 1.54) is 0 Å². The third kappa shape index (κ3) is 2.71. The summed E-state index contributed by atoms with van der Waals surface area (Å²) in [4.78, 5) is 21.9. The van der Waals surface area contributed by atoms with Gasteiger partial charge in [-0.15, -0.1) is 0 Å². The van der Waals surface area contributed by atoms with Crippen LogP contribution in [0.5, 0.6) is 0 Å². The first-order chi connectivity index (χ1) is 6.61. The van der Waals surface area contributed by atoms with Crippen molar-refractivity contribution < 1.29 is 9.59 Å². The predicted octanol–water partition coefficient (Wildman–Crippen LogP) is 1.48. The summed E-state index contributed by atoms with van der Waals surface area (Å²) in [5.41, 5.74) is 5.63. The molecule has 0 radical (unpaired) electrons. The summed E-state index contributed by atoms with van der Waals surface area (Å²) >= 11 is 5.06. The summed E-state index contributed by atoms with van der Waals surface area (Å²) in [6.45, 7) is 0. The number of ketones is 1. The number of allylic oxidation sites excluding steroid dienone is 2. The zero-order valence-corrected chi connectivity index (χ0v) is 7.99. The molecule has 0 bridgehead atoms. The van der Waals surface area contributed by atoms with E-state index in [9.17, 15) is 9.59 Å². The van der Waals surface area contributed by atoms with E-state index in [0.29, 0.717) is 5.56 Å². The van der Waals surface area contributed by atoms with Crippen LogP contribution in [0.15, 0.2) is 42.1 Å². The molecule has 1 aromatic rings. The molecule has 14 heavy (non-hydrogen) atoms. The lowest BCUT2D eigenvalue weighted by molar-refractivity contribution is -0.107. The molecule has 0 spiro atoms. The molecule has 0 unspecified atom stereocenters. The van der Waals surface area contributed by atoms with Crippen molar-refractivity contribution in [2.24, 2.45) is 5.73 Å². The first-order valence-corrected chi connectivity index (χ1v) is 4.25. The topological polar surface area (TPSA) is 60.2 Å². The smallest absolute Gasteiger partial charge is 0.247 e. The van der Waals surface area contributed by atoms with E-state index in [4.69, 9.17) is 17.3 Å². The van der Waals surface area contributed by atoms with Crippen LogP contribution in [0.2, 0.25) is 0 Å². The molecule has 0 fully saturated rings. The van der Waals surface area contributed by atoms with Gasteiger partial charge in [0, 0.05) is 11.6 Å². The molecule has 3 nitrogen and oxygen atoms in total. The van der Waals surface area contributed by atoms with E-state index in [2.05, 4.69) is 0 Å². The van der Waals surface area contributed by atoms with E-state index in [1.54, 1.807) is 30.3 Å². The van der Waals surface area contributed by atoms with Crippen LogP contribution < -0.4 is 5.73 Å². The minimum Gasteiger partial charge on any atom is -0.395 e. The fourth-order valence-corrected chi connectivity index (χ4v) is 1.06. The van der Waals surface area contributed by atoms with Crippen molar-refractivity contribution in [3.8, 4) is 0 Å². The van der Waals surface area contributed by atoms with Gasteiger partial charge in [-0.3, -0.25) is 9.59 Å². The summed E-state index contributed by atoms with van der Waals surface area (Å²) in [6, 6.07) is 8.43. The summed E-state index contributed by atoms with van der Waals surface area (Å²) in [5, 5.41) is -0.758. The monoisotopic (exact) mass is 209 g/mol. The molecule has 0 saturated carbocycles. The number of carbonyl (C=O) groups is 2. The maximum absolute atomic E-state index is 11.5. The van der Waals surface area contributed by atoms with Crippen molar-refractivity contribution in [1.29, 1.82) is 0 Å². The molecule has 0 heterocycles. The van der Waals surface area contributed by atoms with Gasteiger partial charge in [-0.05, 0) is 11.6 Å². The molecule has 0 aliphatic carbocycles. The minimum absolute atomic E-state index is 0.156. The Balaban J connectivity index is 2.92. The minimum atomic E-state index is -0.758. The van der Waals surface area contributed by atoms with Crippen LogP contribution in [0.1, 0.15) is 10.4 Å². The lowest BCUT2D eigenvalue weighted by Crippen LogP contribution is -2.12. The number of hydrogen-bond donors (Lipinski definition) is 1. The molecule has 2 N–H and O–H groups in total. The lowest BCUT2D eigenvalue weighted by Gasteiger charge is -1.98. The second-order valence-electron chi connectivity index (χ2n) is 2.60. The second kappa shape index (κ2) is 4.58. The third-order valence-electron chi connectivity index (χ3n) is 1.57. The van der Waals surface area contributed by atoms with E-state index in [1.807, 2.05) is 0 Å². The zero-order chi connectivity index (χ0) is 10.6. The highest BCUT2D eigenvalue weighted by Crippen LogP contribution is 2.04. The molecule has 72 valence electrons. The van der Waals surface area contributed by atoms with Gasteiger partial charge < -0.3 is 5.73 Å². The Labute approximate surface area is 86.2 Å². The molecular weight excluding hydrogens is 202 g/mol. The van der Waals surface area contributed by atoms with E-state index in [0.717, 1.165) is 6.08 Å². The Morgan fingerprint density at radius 3 is 2.29 bits per heavy atom. The zero-order valence-electron chi connectivity index (χ0n) is 7.24. The van der Waals surface area contributed by atoms with E-state index < -0.39 is 11.0 Å². The highest BCUT2D eigenvalue weighted by Gasteiger charge is 2.08. The maximum atomic E-state index is 11.5. The highest BCUT2D eigenvalue weighted by atomic mass is 35.5. The standard InChI is InChI=1S/C10H8ClNO2/c11-9(13)6-8(12)10(14)7-4-2-1-3-5-7/h1-6H,12H2. The molecule has 0 aliphatic heterocycles. The normalized spacial score (nSPS) is 11.1. The van der Waals surface area contributed by atoms with Crippen LogP contribution in [0, 0.1) is 0 Å². The maximum Gasteiger partial charge on any atom is 0.247 e. The molecule has 0 saturated heterocycles. The first kappa shape index (κ1) is 10.5. The van der Waals surface area contributed by atoms with Crippen molar-refractivity contribution in [2.45, 2.75) is 0 Å². The van der Waals surface area contributed by atoms with Gasteiger partial charge in [0.2, 0.25) is 11.0 Å². The largest absolute Gasteiger partial charge is 0.395 e. The quantitative estimate of drug-likeness (QED) is 0.466. The van der Waals surface area contributed by atoms with Gasteiger partial charge >= 0.3 is 0 Å². The van der Waals surface area contributed by atoms with Gasteiger partial charge in [0.15, 0.2) is 0 Å². The van der Waals surface area contributed by atoms with Crippen molar-refractivity contribution >= 4 is 22.6 Å². The van der Waals surface area contributed by atoms with Gasteiger partial charge in [-0.1, -0.05) is 30.3 Å². The van der Waals surface area contributed by atoms with E-state index >= 15 is 0 Å². The number of carbonyl (C=O) groups excluding carboxylic acids is 2. The Morgan fingerprint density at radius 1 is 1.21 bits per heavy atom. The Hall–Kier alpha value is -1.61. The fourth-order valence-electron chi connectivity index (χ4n) is 0.944. The molecule has 4 heteroatoms. The predicted molar refractivity (Wildman–Crippen MR) is 53.9 cm³/mol. The Bertz CT molecular complexity index is 384. The van der Waals surface area contributed by atoms with Crippen LogP contribution >= 0.6 is 11.6 Å². The van der Waals surface area contributed by atoms with Crippen molar-refractivity contribution in [3.63, 3.8) is 0 Å². The Kier molecular flexibility index (Phi) is 3.42. The molecule has 0 aromatic heterocycles. The van der Waals surface area contributed by atoms with Crippen LogP contribution in [0.25, 0.3) is 0 Å². The number of halogens is 1. The second-order valence-corrected chi connectivity index (χ2v) is 2.97. The van der Waals surface area contributed by atoms with Crippen molar-refractivity contribution in [2.75, 3.05) is 0 Å². The molecule has 1 rings (SSSR count). The van der Waals surface area contributed by atoms with E-state index in [-0.39, 0.29) is 5.70 Å². The average molecular weight is 210 g/mol. The van der Waals surface area contributed by atoms with Gasteiger partial charge in [0.25, 0.3) is 0 Å². The van der Waals surface area contributed by atoms with Crippen molar-refractivity contribution in [1.82, 2.24) is 0 Å². The summed E-state index contributed by atoms with van der Waals surface area (Å²) in [5.74, 6) is -0.403. The van der Waals surface area contributed by atoms with Crippen LogP contribution in [0.4, 0.5) is 0 Å².